The van der Waals surface area contributed by atoms with E-state index < -0.39 is 0 Å². The molecular formula is C4H64N54. The van der Waals surface area contributed by atoms with Crippen LogP contribution >= 0.6 is 0 Å². The minimum Gasteiger partial charge on any atom is -0.329 e. The summed E-state index contributed by atoms with van der Waals surface area (Å²) in [6.45, 7) is 1.70. The largest absolute Gasteiger partial charge is 0.329 e. The molecule has 0 rings (SSSR count). The summed E-state index contributed by atoms with van der Waals surface area (Å²) in [6, 6.07) is 0. The Balaban J connectivity index is 3.05. The van der Waals surface area contributed by atoms with E-state index in [9.17, 15) is 0 Å². The lowest BCUT2D eigenvalue weighted by Gasteiger charge is -2.16. The van der Waals surface area contributed by atoms with Gasteiger partial charge in [0.05, 0.1) is 13.3 Å². The van der Waals surface area contributed by atoms with Crippen molar-refractivity contribution in [3.05, 3.63) is 0 Å². The van der Waals surface area contributed by atoms with Crippen LogP contribution in [0.1, 0.15) is 0 Å². The highest BCUT2D eigenvalue weighted by Gasteiger charge is 1.89. The predicted octanol–water partition coefficient (Wildman–Crippen LogP) is -26.8. The second-order valence-corrected chi connectivity index (χ2v) is 7.67. The van der Waals surface area contributed by atoms with Crippen LogP contribution in [0.5, 0.6) is 0 Å². The van der Waals surface area contributed by atoms with Gasteiger partial charge in [-0.3, -0.25) is 5.84 Å². The molecule has 0 aliphatic carbocycles. The molecule has 350 valence electrons. The van der Waals surface area contributed by atoms with Gasteiger partial charge in [0.1, 0.15) is 0 Å². The van der Waals surface area contributed by atoms with Gasteiger partial charge in [-0.2, -0.15) is 260 Å². The van der Waals surface area contributed by atoms with E-state index in [-0.39, 0.29) is 0 Å². The van der Waals surface area contributed by atoms with Gasteiger partial charge in [-0.15, -0.1) is 0 Å². The molecule has 54 nitrogen and oxygen atoms in total. The Morgan fingerprint density at radius 1 is 0.190 bits per heavy atom. The Morgan fingerprint density at radius 2 is 0.345 bits per heavy atom. The lowest BCUT2D eigenvalue weighted by atomic mass is 10.7. The van der Waals surface area contributed by atoms with Crippen LogP contribution < -0.4 is 299 Å². The highest BCUT2D eigenvalue weighted by molar-refractivity contribution is 4.34. The summed E-state index contributed by atoms with van der Waals surface area (Å²) >= 11 is 0. The van der Waals surface area contributed by atoms with Gasteiger partial charge < -0.3 is 5.73 Å². The molecule has 0 fully saturated rings. The first kappa shape index (κ1) is 55.8. The van der Waals surface area contributed by atoms with Gasteiger partial charge >= 0.3 is 0 Å². The minimum atomic E-state index is 0.291. The van der Waals surface area contributed by atoms with Crippen molar-refractivity contribution in [1.29, 1.82) is 0 Å². The molecule has 0 aliphatic heterocycles. The number of rotatable bonds is 55. The van der Waals surface area contributed by atoms with Crippen LogP contribution in [0.4, 0.5) is 0 Å². The molecule has 0 saturated carbocycles. The zero-order chi connectivity index (χ0) is 41.6. The molecule has 0 aromatic carbocycles. The quantitative estimate of drug-likeness (QED) is 0.0117. The van der Waals surface area contributed by atoms with E-state index in [1.165, 1.54) is 0 Å². The zero-order valence-electron chi connectivity index (χ0n) is 30.0. The Kier molecular flexibility index (Phi) is 52.8. The van der Waals surface area contributed by atoms with Gasteiger partial charge in [0, 0.05) is 13.1 Å². The van der Waals surface area contributed by atoms with Crippen molar-refractivity contribution >= 4 is 0 Å². The van der Waals surface area contributed by atoms with Crippen LogP contribution in [0.25, 0.3) is 0 Å². The van der Waals surface area contributed by atoms with Gasteiger partial charge in [0.25, 0.3) is 0 Å². The standard InChI is InChI=1S/C4H64N54/c5-1-2-7-13-19-25-32-36-40-41-37-33-27-21-16-10-4-11-17-23-29-35-39-43-45-47-49-51-53-55-57-58-56-54-52-50-48-46-44-42-38-34-28-22-15-9-3-8-14-20-26-31-30-24-18-12-6/h7-58H,1-6H2. The maximum atomic E-state index is 5.31. The molecular weight excluding hydrogens is 804 g/mol. The predicted molar refractivity (Wildman–Crippen MR) is 191 cm³/mol. The van der Waals surface area contributed by atoms with Gasteiger partial charge in [-0.1, -0.05) is 0 Å². The number of hydrogen-bond acceptors (Lipinski definition) is 54. The zero-order valence-corrected chi connectivity index (χ0v) is 30.0. The fourth-order valence-electron chi connectivity index (χ4n) is 1.91. The molecule has 54 heteroatoms. The van der Waals surface area contributed by atoms with Crippen LogP contribution in [0.15, 0.2) is 0 Å². The number of hydrogen-bond donors (Lipinski definition) is 54. The van der Waals surface area contributed by atoms with Gasteiger partial charge in [0.15, 0.2) is 0 Å². The normalized spacial score (nSPS) is 11.7. The van der Waals surface area contributed by atoms with Crippen LogP contribution in [0.3, 0.4) is 0 Å². The molecule has 0 radical (unpaired) electrons. The average Bonchev–Trinajstić information content (AvgIpc) is 3.23. The molecule has 0 saturated heterocycles. The molecule has 0 bridgehead atoms. The van der Waals surface area contributed by atoms with Gasteiger partial charge in [0.2, 0.25) is 0 Å². The molecule has 0 amide bonds. The summed E-state index contributed by atoms with van der Waals surface area (Å²) in [7, 11) is 0. The van der Waals surface area contributed by atoms with Crippen molar-refractivity contribution in [3.63, 3.8) is 0 Å². The molecule has 0 heterocycles. The summed E-state index contributed by atoms with van der Waals surface area (Å²) in [4.78, 5) is 0. The molecule has 56 N–H and O–H groups in total. The lowest BCUT2D eigenvalue weighted by Crippen LogP contribution is -2.70. The highest BCUT2D eigenvalue weighted by Crippen LogP contribution is 1.41. The van der Waals surface area contributed by atoms with E-state index in [0.717, 1.165) is 0 Å². The molecule has 0 aromatic rings. The Bertz CT molecular complexity index is 615. The van der Waals surface area contributed by atoms with E-state index in [2.05, 4.69) is 287 Å². The van der Waals surface area contributed by atoms with Gasteiger partial charge in [-0.25, -0.2) is 27.1 Å². The molecule has 0 spiro atoms. The molecule has 0 aromatic heterocycles. The topological polar surface area (TPSA) is 678 Å². The number of nitrogens with two attached hydrogens (primary N) is 2. The molecule has 0 atom stereocenters. The second-order valence-electron chi connectivity index (χ2n) is 7.67. The van der Waals surface area contributed by atoms with Crippen LogP contribution in [0, 0.1) is 0 Å². The smallest absolute Gasteiger partial charge is 0.0748 e. The first-order valence-corrected chi connectivity index (χ1v) is 15.2. The fraction of sp³-hybridized carbons (Fsp3) is 1.00. The van der Waals surface area contributed by atoms with Crippen molar-refractivity contribution in [2.24, 2.45) is 11.6 Å². The van der Waals surface area contributed by atoms with Crippen LogP contribution in [-0.4, -0.2) is 26.4 Å². The Morgan fingerprint density at radius 3 is 0.517 bits per heavy atom. The Labute approximate surface area is 326 Å². The van der Waals surface area contributed by atoms with E-state index >= 15 is 0 Å². The summed E-state index contributed by atoms with van der Waals surface area (Å²) in [5.41, 5.74) is 137. The van der Waals surface area contributed by atoms with Crippen molar-refractivity contribution < 1.29 is 0 Å². The Hall–Kier alpha value is -2.16. The van der Waals surface area contributed by atoms with E-state index in [4.69, 9.17) is 11.6 Å². The summed E-state index contributed by atoms with van der Waals surface area (Å²) in [5, 5.41) is 0. The molecule has 0 aliphatic rings. The third-order valence-corrected chi connectivity index (χ3v) is 3.82. The number of hydrazine groups is 50. The van der Waals surface area contributed by atoms with Crippen LogP contribution in [-0.2, 0) is 0 Å². The molecule has 58 heavy (non-hydrogen) atoms. The lowest BCUT2D eigenvalue weighted by molar-refractivity contribution is 0.183. The highest BCUT2D eigenvalue weighted by atomic mass is 16.0. The van der Waals surface area contributed by atoms with Crippen molar-refractivity contribution in [1.82, 2.24) is 287 Å². The summed E-state index contributed by atoms with van der Waals surface area (Å²) in [5.74, 6) is 4.95. The number of nitrogens with one attached hydrogen (secondary N) is 52. The average molecular weight is 869 g/mol. The minimum absolute atomic E-state index is 0.291. The monoisotopic (exact) mass is 869 g/mol. The van der Waals surface area contributed by atoms with E-state index in [0.29, 0.717) is 26.4 Å². The maximum Gasteiger partial charge on any atom is 0.0748 e. The van der Waals surface area contributed by atoms with Crippen LogP contribution in [0.2, 0.25) is 0 Å². The summed E-state index contributed by atoms with van der Waals surface area (Å²) in [6.07, 6.45) is 0. The first-order valence-electron chi connectivity index (χ1n) is 15.2. The van der Waals surface area contributed by atoms with Gasteiger partial charge in [-0.05, 0) is 0 Å². The molecule has 0 unspecified atom stereocenters. The second kappa shape index (κ2) is 54.8. The fourth-order valence-corrected chi connectivity index (χ4v) is 1.91. The van der Waals surface area contributed by atoms with E-state index in [1.54, 1.807) is 0 Å². The van der Waals surface area contributed by atoms with Crippen molar-refractivity contribution in [2.75, 3.05) is 26.4 Å². The van der Waals surface area contributed by atoms with Crippen molar-refractivity contribution in [2.45, 2.75) is 0 Å². The summed E-state index contributed by atoms with van der Waals surface area (Å²) < 4.78 is 0. The third-order valence-electron chi connectivity index (χ3n) is 3.82. The first-order chi connectivity index (χ1) is 28.9. The van der Waals surface area contributed by atoms with E-state index in [1.807, 2.05) is 0 Å². The third kappa shape index (κ3) is 53.8. The SMILES string of the molecule is NCCNNNNNNNNNNNNNNCNNNNNNNNNNNNNNNNNNNNNNNNNNNNNCNNNNNNNNNN. The van der Waals surface area contributed by atoms with Crippen molar-refractivity contribution in [3.8, 4) is 0 Å². The maximum absolute atomic E-state index is 5.31.